The Labute approximate surface area is 116 Å². The van der Waals surface area contributed by atoms with Crippen molar-refractivity contribution in [3.63, 3.8) is 0 Å². The maximum atomic E-state index is 5.74. The molecular formula is C13H14N2OS2. The Hall–Kier alpha value is -1.46. The van der Waals surface area contributed by atoms with Gasteiger partial charge < -0.3 is 10.5 Å². The van der Waals surface area contributed by atoms with Crippen LogP contribution in [0, 0.1) is 13.8 Å². The molecule has 5 heteroatoms. The molecule has 18 heavy (non-hydrogen) atoms. The van der Waals surface area contributed by atoms with Crippen LogP contribution in [-0.4, -0.2) is 9.97 Å². The SMILES string of the molecule is Cc1cc(C)c(C(N)=S)c(OCc2cccs2)n1. The normalized spacial score (nSPS) is 10.3. The molecule has 3 nitrogen and oxygen atoms in total. The molecule has 0 aliphatic rings. The van der Waals surface area contributed by atoms with E-state index in [4.69, 9.17) is 22.7 Å². The van der Waals surface area contributed by atoms with Crippen molar-refractivity contribution in [1.82, 2.24) is 4.98 Å². The van der Waals surface area contributed by atoms with Crippen molar-refractivity contribution in [3.8, 4) is 5.88 Å². The minimum Gasteiger partial charge on any atom is -0.471 e. The van der Waals surface area contributed by atoms with Crippen molar-refractivity contribution in [3.05, 3.63) is 45.3 Å². The van der Waals surface area contributed by atoms with E-state index in [0.29, 0.717) is 17.5 Å². The van der Waals surface area contributed by atoms with Crippen molar-refractivity contribution in [2.24, 2.45) is 5.73 Å². The second kappa shape index (κ2) is 5.46. The highest BCUT2D eigenvalue weighted by molar-refractivity contribution is 7.80. The van der Waals surface area contributed by atoms with Crippen molar-refractivity contribution in [2.45, 2.75) is 20.5 Å². The molecule has 0 fully saturated rings. The van der Waals surface area contributed by atoms with E-state index in [9.17, 15) is 0 Å². The summed E-state index contributed by atoms with van der Waals surface area (Å²) in [6.45, 7) is 4.37. The molecule has 0 unspecified atom stereocenters. The summed E-state index contributed by atoms with van der Waals surface area (Å²) in [5.41, 5.74) is 8.35. The van der Waals surface area contributed by atoms with Gasteiger partial charge in [-0.2, -0.15) is 0 Å². The van der Waals surface area contributed by atoms with E-state index in [0.717, 1.165) is 21.7 Å². The van der Waals surface area contributed by atoms with Gasteiger partial charge in [-0.1, -0.05) is 18.3 Å². The molecule has 2 rings (SSSR count). The monoisotopic (exact) mass is 278 g/mol. The van der Waals surface area contributed by atoms with Crippen molar-refractivity contribution in [2.75, 3.05) is 0 Å². The maximum Gasteiger partial charge on any atom is 0.224 e. The first-order chi connectivity index (χ1) is 8.58. The Morgan fingerprint density at radius 2 is 2.28 bits per heavy atom. The van der Waals surface area contributed by atoms with Crippen LogP contribution in [0.15, 0.2) is 23.6 Å². The molecule has 0 aliphatic carbocycles. The van der Waals surface area contributed by atoms with E-state index >= 15 is 0 Å². The average Bonchev–Trinajstić information content (AvgIpc) is 2.77. The molecule has 0 aromatic carbocycles. The van der Waals surface area contributed by atoms with Crippen molar-refractivity contribution < 1.29 is 4.74 Å². The van der Waals surface area contributed by atoms with Crippen LogP contribution in [-0.2, 0) is 6.61 Å². The summed E-state index contributed by atoms with van der Waals surface area (Å²) >= 11 is 6.70. The second-order valence-electron chi connectivity index (χ2n) is 3.99. The van der Waals surface area contributed by atoms with Gasteiger partial charge in [0.05, 0.1) is 5.56 Å². The lowest BCUT2D eigenvalue weighted by atomic mass is 10.1. The average molecular weight is 278 g/mol. The fourth-order valence-corrected chi connectivity index (χ4v) is 2.61. The lowest BCUT2D eigenvalue weighted by molar-refractivity contribution is 0.296. The molecular weight excluding hydrogens is 264 g/mol. The first kappa shape index (κ1) is 13.0. The number of nitrogens with zero attached hydrogens (tertiary/aromatic N) is 1. The minimum atomic E-state index is 0.321. The fraction of sp³-hybridized carbons (Fsp3) is 0.231. The Balaban J connectivity index is 2.28. The number of aryl methyl sites for hydroxylation is 2. The number of pyridine rings is 1. The summed E-state index contributed by atoms with van der Waals surface area (Å²) in [5.74, 6) is 0.522. The third-order valence-electron chi connectivity index (χ3n) is 2.49. The van der Waals surface area contributed by atoms with Gasteiger partial charge in [-0.25, -0.2) is 4.98 Å². The molecule has 0 atom stereocenters. The second-order valence-corrected chi connectivity index (χ2v) is 5.47. The van der Waals surface area contributed by atoms with Crippen LogP contribution in [0.5, 0.6) is 5.88 Å². The maximum absolute atomic E-state index is 5.74. The molecule has 0 spiro atoms. The molecule has 2 aromatic heterocycles. The molecule has 94 valence electrons. The van der Waals surface area contributed by atoms with Gasteiger partial charge in [-0.3, -0.25) is 0 Å². The quantitative estimate of drug-likeness (QED) is 0.874. The highest BCUT2D eigenvalue weighted by Crippen LogP contribution is 2.22. The van der Waals surface area contributed by atoms with Crippen LogP contribution in [0.3, 0.4) is 0 Å². The Morgan fingerprint density at radius 3 is 2.89 bits per heavy atom. The molecule has 0 radical (unpaired) electrons. The van der Waals surface area contributed by atoms with E-state index in [1.54, 1.807) is 11.3 Å². The van der Waals surface area contributed by atoms with Gasteiger partial charge >= 0.3 is 0 Å². The number of hydrogen-bond acceptors (Lipinski definition) is 4. The van der Waals surface area contributed by atoms with Gasteiger partial charge in [0.2, 0.25) is 5.88 Å². The highest BCUT2D eigenvalue weighted by Gasteiger charge is 2.13. The lowest BCUT2D eigenvalue weighted by Gasteiger charge is -2.12. The molecule has 0 saturated heterocycles. The van der Waals surface area contributed by atoms with Crippen LogP contribution in [0.2, 0.25) is 0 Å². The molecule has 0 saturated carbocycles. The van der Waals surface area contributed by atoms with Crippen LogP contribution in [0.4, 0.5) is 0 Å². The van der Waals surface area contributed by atoms with Gasteiger partial charge in [0.25, 0.3) is 0 Å². The number of hydrogen-bond donors (Lipinski definition) is 1. The Kier molecular flexibility index (Phi) is 3.93. The number of aromatic nitrogens is 1. The summed E-state index contributed by atoms with van der Waals surface area (Å²) in [5, 5.41) is 2.02. The highest BCUT2D eigenvalue weighted by atomic mass is 32.1. The fourth-order valence-electron chi connectivity index (χ4n) is 1.74. The molecule has 0 aliphatic heterocycles. The lowest BCUT2D eigenvalue weighted by Crippen LogP contribution is -2.15. The van der Waals surface area contributed by atoms with E-state index < -0.39 is 0 Å². The van der Waals surface area contributed by atoms with Crippen LogP contribution >= 0.6 is 23.6 Å². The topological polar surface area (TPSA) is 48.1 Å². The third-order valence-corrected chi connectivity index (χ3v) is 3.54. The molecule has 0 bridgehead atoms. The predicted molar refractivity (Wildman–Crippen MR) is 78.2 cm³/mol. The van der Waals surface area contributed by atoms with Crippen LogP contribution in [0.1, 0.15) is 21.7 Å². The van der Waals surface area contributed by atoms with E-state index in [2.05, 4.69) is 4.98 Å². The third kappa shape index (κ3) is 2.86. The standard InChI is InChI=1S/C13H14N2OS2/c1-8-6-9(2)15-13(11(8)12(14)17)16-7-10-4-3-5-18-10/h3-6H,7H2,1-2H3,(H2,14,17). The van der Waals surface area contributed by atoms with Crippen molar-refractivity contribution in [1.29, 1.82) is 0 Å². The number of thiocarbonyl (C=S) groups is 1. The number of rotatable bonds is 4. The Bertz CT molecular complexity index is 565. The zero-order chi connectivity index (χ0) is 13.1. The number of thiophene rings is 1. The van der Waals surface area contributed by atoms with Crippen LogP contribution < -0.4 is 10.5 Å². The zero-order valence-electron chi connectivity index (χ0n) is 10.3. The summed E-state index contributed by atoms with van der Waals surface area (Å²) in [7, 11) is 0. The first-order valence-corrected chi connectivity index (χ1v) is 6.80. The van der Waals surface area contributed by atoms with E-state index in [1.807, 2.05) is 37.4 Å². The Morgan fingerprint density at radius 1 is 1.50 bits per heavy atom. The number of ether oxygens (including phenoxy) is 1. The van der Waals surface area contributed by atoms with Gasteiger partial charge in [-0.15, -0.1) is 11.3 Å². The first-order valence-electron chi connectivity index (χ1n) is 5.51. The summed E-state index contributed by atoms with van der Waals surface area (Å²) in [4.78, 5) is 5.83. The predicted octanol–water partition coefficient (Wildman–Crippen LogP) is 2.97. The van der Waals surface area contributed by atoms with Gasteiger partial charge in [0.15, 0.2) is 0 Å². The largest absolute Gasteiger partial charge is 0.471 e. The molecule has 2 N–H and O–H groups in total. The van der Waals surface area contributed by atoms with Gasteiger partial charge in [0, 0.05) is 10.6 Å². The zero-order valence-corrected chi connectivity index (χ0v) is 11.9. The molecule has 2 heterocycles. The molecule has 2 aromatic rings. The smallest absolute Gasteiger partial charge is 0.224 e. The summed E-state index contributed by atoms with van der Waals surface area (Å²) in [6, 6.07) is 5.97. The van der Waals surface area contributed by atoms with E-state index in [-0.39, 0.29) is 0 Å². The summed E-state index contributed by atoms with van der Waals surface area (Å²) < 4.78 is 5.74. The van der Waals surface area contributed by atoms with Crippen molar-refractivity contribution >= 4 is 28.5 Å². The van der Waals surface area contributed by atoms with E-state index in [1.165, 1.54) is 0 Å². The minimum absolute atomic E-state index is 0.321. The van der Waals surface area contributed by atoms with Crippen LogP contribution in [0.25, 0.3) is 0 Å². The number of nitrogens with two attached hydrogens (primary N) is 1. The summed E-state index contributed by atoms with van der Waals surface area (Å²) in [6.07, 6.45) is 0. The van der Waals surface area contributed by atoms with Gasteiger partial charge in [0.1, 0.15) is 11.6 Å². The van der Waals surface area contributed by atoms with Gasteiger partial charge in [-0.05, 0) is 36.9 Å². The molecule has 0 amide bonds.